The Labute approximate surface area is 248 Å². The molecule has 0 unspecified atom stereocenters. The van der Waals surface area contributed by atoms with Crippen molar-refractivity contribution >= 4 is 17.6 Å². The number of likely N-dealkylation sites (N-methyl/N-ethyl adjacent to an activating group) is 1. The van der Waals surface area contributed by atoms with Crippen LogP contribution < -0.4 is 20.1 Å². The number of fused-ring (bicyclic) bond motifs is 1. The van der Waals surface area contributed by atoms with Crippen molar-refractivity contribution in [1.82, 2.24) is 15.1 Å². The van der Waals surface area contributed by atoms with Crippen LogP contribution in [0.1, 0.15) is 43.6 Å². The number of ether oxygens (including phenoxy) is 2. The molecule has 3 aromatic carbocycles. The number of hydrogen-bond donors (Lipinski definition) is 3. The molecule has 0 aliphatic carbocycles. The Morgan fingerprint density at radius 1 is 1.05 bits per heavy atom. The van der Waals surface area contributed by atoms with Gasteiger partial charge in [0, 0.05) is 31.6 Å². The molecule has 0 saturated heterocycles. The second-order valence-corrected chi connectivity index (χ2v) is 11.3. The lowest BCUT2D eigenvalue weighted by Gasteiger charge is -2.38. The van der Waals surface area contributed by atoms with Gasteiger partial charge in [-0.3, -0.25) is 9.69 Å². The molecule has 3 amide bonds. The van der Waals surface area contributed by atoms with Gasteiger partial charge in [-0.15, -0.1) is 0 Å². The minimum atomic E-state index is -0.376. The van der Waals surface area contributed by atoms with Crippen LogP contribution in [0, 0.1) is 5.92 Å². The Balaban J connectivity index is 1.54. The lowest BCUT2D eigenvalue weighted by atomic mass is 9.99. The predicted octanol–water partition coefficient (Wildman–Crippen LogP) is 5.36. The van der Waals surface area contributed by atoms with Gasteiger partial charge in [-0.05, 0) is 69.8 Å². The average Bonchev–Trinajstić information content (AvgIpc) is 2.96. The first-order chi connectivity index (χ1) is 20.1. The van der Waals surface area contributed by atoms with Gasteiger partial charge in [0.05, 0.1) is 23.9 Å². The number of amides is 3. The van der Waals surface area contributed by atoms with Crippen molar-refractivity contribution in [3.63, 3.8) is 0 Å². The van der Waals surface area contributed by atoms with E-state index in [1.165, 1.54) is 0 Å². The molecule has 0 radical (unpaired) electrons. The summed E-state index contributed by atoms with van der Waals surface area (Å²) >= 11 is 0. The number of anilines is 1. The Bertz CT molecular complexity index is 1330. The summed E-state index contributed by atoms with van der Waals surface area (Å²) in [6.07, 6.45) is -0.299. The molecule has 4 rings (SSSR count). The van der Waals surface area contributed by atoms with Gasteiger partial charge in [0.15, 0.2) is 5.75 Å². The van der Waals surface area contributed by atoms with Crippen molar-refractivity contribution < 1.29 is 24.2 Å². The first kappa shape index (κ1) is 30.9. The average molecular weight is 575 g/mol. The molecule has 3 N–H and O–H groups in total. The van der Waals surface area contributed by atoms with Crippen LogP contribution in [0.3, 0.4) is 0 Å². The molecule has 0 spiro atoms. The Hall–Kier alpha value is -4.08. The van der Waals surface area contributed by atoms with Crippen LogP contribution in [0.25, 0.3) is 0 Å². The van der Waals surface area contributed by atoms with E-state index >= 15 is 0 Å². The largest absolute Gasteiger partial charge is 0.486 e. The van der Waals surface area contributed by atoms with Gasteiger partial charge in [0.1, 0.15) is 17.6 Å². The molecular formula is C33H42N4O5. The van der Waals surface area contributed by atoms with Gasteiger partial charge in [-0.2, -0.15) is 0 Å². The molecule has 0 fully saturated rings. The maximum absolute atomic E-state index is 13.6. The van der Waals surface area contributed by atoms with Crippen molar-refractivity contribution in [2.45, 2.75) is 52.4 Å². The zero-order chi connectivity index (χ0) is 30.2. The van der Waals surface area contributed by atoms with Crippen LogP contribution in [0.2, 0.25) is 0 Å². The van der Waals surface area contributed by atoms with Crippen molar-refractivity contribution in [3.05, 3.63) is 83.9 Å². The standard InChI is InChI=1S/C33H42N4O5/c1-22(2)34-33(40)35-29-13-9-12-28-31(29)42-30(23(3)18-37(32(28)39)24(4)21-38)20-36(5)19-25-14-16-27(17-15-25)41-26-10-7-6-8-11-26/h6-17,22-24,30,38H,18-21H2,1-5H3,(H2,34,35,40)/t23-,24+,30-/m1/s1. The highest BCUT2D eigenvalue weighted by atomic mass is 16.5. The number of carbonyl (C=O) groups is 2. The molecule has 0 bridgehead atoms. The molecule has 3 aromatic rings. The van der Waals surface area contributed by atoms with Gasteiger partial charge in [0.25, 0.3) is 5.91 Å². The Morgan fingerprint density at radius 2 is 1.74 bits per heavy atom. The maximum atomic E-state index is 13.6. The number of nitrogens with one attached hydrogen (secondary N) is 2. The highest BCUT2D eigenvalue weighted by Gasteiger charge is 2.34. The zero-order valence-electron chi connectivity index (χ0n) is 25.0. The number of aliphatic hydroxyl groups is 1. The zero-order valence-corrected chi connectivity index (χ0v) is 25.0. The predicted molar refractivity (Wildman–Crippen MR) is 164 cm³/mol. The van der Waals surface area contributed by atoms with Crippen LogP contribution in [-0.4, -0.2) is 71.8 Å². The lowest BCUT2D eigenvalue weighted by molar-refractivity contribution is 0.0343. The van der Waals surface area contributed by atoms with E-state index in [2.05, 4.69) is 15.5 Å². The third kappa shape index (κ3) is 8.02. The summed E-state index contributed by atoms with van der Waals surface area (Å²) < 4.78 is 12.5. The van der Waals surface area contributed by atoms with Crippen molar-refractivity contribution in [2.24, 2.45) is 5.92 Å². The maximum Gasteiger partial charge on any atom is 0.319 e. The summed E-state index contributed by atoms with van der Waals surface area (Å²) in [7, 11) is 2.03. The van der Waals surface area contributed by atoms with E-state index < -0.39 is 0 Å². The fourth-order valence-corrected chi connectivity index (χ4v) is 4.95. The smallest absolute Gasteiger partial charge is 0.319 e. The number of hydrogen-bond acceptors (Lipinski definition) is 6. The van der Waals surface area contributed by atoms with Gasteiger partial charge < -0.3 is 30.1 Å². The molecule has 42 heavy (non-hydrogen) atoms. The minimum absolute atomic E-state index is 0.0562. The highest BCUT2D eigenvalue weighted by Crippen LogP contribution is 2.35. The van der Waals surface area contributed by atoms with Crippen LogP contribution in [0.15, 0.2) is 72.8 Å². The summed E-state index contributed by atoms with van der Waals surface area (Å²) in [6.45, 7) is 9.15. The van der Waals surface area contributed by atoms with Gasteiger partial charge in [-0.1, -0.05) is 43.3 Å². The van der Waals surface area contributed by atoms with Gasteiger partial charge >= 0.3 is 6.03 Å². The summed E-state index contributed by atoms with van der Waals surface area (Å²) in [6, 6.07) is 22.0. The van der Waals surface area contributed by atoms with E-state index in [9.17, 15) is 14.7 Å². The van der Waals surface area contributed by atoms with Crippen LogP contribution in [0.5, 0.6) is 17.2 Å². The van der Waals surface area contributed by atoms with E-state index in [0.29, 0.717) is 36.6 Å². The minimum Gasteiger partial charge on any atom is -0.486 e. The van der Waals surface area contributed by atoms with Gasteiger partial charge in [-0.25, -0.2) is 4.79 Å². The molecule has 9 nitrogen and oxygen atoms in total. The molecule has 1 aliphatic heterocycles. The molecule has 224 valence electrons. The van der Waals surface area contributed by atoms with Crippen molar-refractivity contribution in [3.8, 4) is 17.2 Å². The molecule has 1 aliphatic rings. The first-order valence-corrected chi connectivity index (χ1v) is 14.4. The molecule has 0 saturated carbocycles. The summed E-state index contributed by atoms with van der Waals surface area (Å²) in [5.41, 5.74) is 1.90. The normalized spacial score (nSPS) is 17.6. The molecule has 3 atom stereocenters. The second-order valence-electron chi connectivity index (χ2n) is 11.3. The van der Waals surface area contributed by atoms with Crippen LogP contribution in [-0.2, 0) is 6.54 Å². The van der Waals surface area contributed by atoms with E-state index in [1.807, 2.05) is 89.3 Å². The second kappa shape index (κ2) is 14.2. The number of nitrogens with zero attached hydrogens (tertiary/aromatic N) is 2. The highest BCUT2D eigenvalue weighted by molar-refractivity contribution is 6.01. The molecule has 9 heteroatoms. The lowest BCUT2D eigenvalue weighted by Crippen LogP contribution is -2.49. The van der Waals surface area contributed by atoms with E-state index in [0.717, 1.165) is 17.1 Å². The van der Waals surface area contributed by atoms with Crippen molar-refractivity contribution in [1.29, 1.82) is 0 Å². The number of carbonyl (C=O) groups excluding carboxylic acids is 2. The summed E-state index contributed by atoms with van der Waals surface area (Å²) in [5, 5.41) is 15.6. The quantitative estimate of drug-likeness (QED) is 0.301. The van der Waals surface area contributed by atoms with Crippen molar-refractivity contribution in [2.75, 3.05) is 32.1 Å². The Morgan fingerprint density at radius 3 is 2.40 bits per heavy atom. The van der Waals surface area contributed by atoms with E-state index in [-0.39, 0.29) is 42.7 Å². The van der Waals surface area contributed by atoms with Crippen LogP contribution in [0.4, 0.5) is 10.5 Å². The van der Waals surface area contributed by atoms with Gasteiger partial charge in [0.2, 0.25) is 0 Å². The fraction of sp³-hybridized carbons (Fsp3) is 0.394. The number of benzene rings is 3. The SMILES string of the molecule is CC(C)NC(=O)Nc1cccc2c1O[C@H](CN(C)Cc1ccc(Oc3ccccc3)cc1)[C@H](C)CN([C@@H](C)CO)C2=O. The summed E-state index contributed by atoms with van der Waals surface area (Å²) in [5.74, 6) is 1.60. The number of urea groups is 1. The summed E-state index contributed by atoms with van der Waals surface area (Å²) in [4.78, 5) is 30.1. The number of rotatable bonds is 10. The molecule has 0 aromatic heterocycles. The Kier molecular flexibility index (Phi) is 10.4. The number of aliphatic hydroxyl groups excluding tert-OH is 1. The first-order valence-electron chi connectivity index (χ1n) is 14.4. The third-order valence-electron chi connectivity index (χ3n) is 7.21. The monoisotopic (exact) mass is 574 g/mol. The molecular weight excluding hydrogens is 532 g/mol. The van der Waals surface area contributed by atoms with Crippen LogP contribution >= 0.6 is 0 Å². The van der Waals surface area contributed by atoms with E-state index in [4.69, 9.17) is 9.47 Å². The van der Waals surface area contributed by atoms with E-state index in [1.54, 1.807) is 23.1 Å². The topological polar surface area (TPSA) is 103 Å². The third-order valence-corrected chi connectivity index (χ3v) is 7.21. The molecule has 1 heterocycles. The fourth-order valence-electron chi connectivity index (χ4n) is 4.95. The number of para-hydroxylation sites is 2.